The van der Waals surface area contributed by atoms with Crippen molar-refractivity contribution in [3.8, 4) is 0 Å². The summed E-state index contributed by atoms with van der Waals surface area (Å²) in [5.41, 5.74) is 1.23. The number of imide groups is 1. The van der Waals surface area contributed by atoms with Crippen LogP contribution < -0.4 is 4.90 Å². The number of amides is 2. The summed E-state index contributed by atoms with van der Waals surface area (Å²) in [5.74, 6) is 0.0728. The first-order valence-electron chi connectivity index (χ1n) is 8.14. The summed E-state index contributed by atoms with van der Waals surface area (Å²) in [6.45, 7) is 3.50. The molecule has 2 aliphatic heterocycles. The highest BCUT2D eigenvalue weighted by Crippen LogP contribution is 2.33. The summed E-state index contributed by atoms with van der Waals surface area (Å²) in [6, 6.07) is 10.3. The number of para-hydroxylation sites is 1. The molecule has 0 spiro atoms. The molecular weight excluding hydrogens is 278 g/mol. The molecule has 1 aliphatic carbocycles. The molecule has 4 rings (SSSR count). The zero-order valence-corrected chi connectivity index (χ0v) is 12.6. The van der Waals surface area contributed by atoms with E-state index in [1.807, 2.05) is 18.2 Å². The van der Waals surface area contributed by atoms with Crippen molar-refractivity contribution >= 4 is 17.5 Å². The Morgan fingerprint density at radius 3 is 2.23 bits per heavy atom. The molecule has 0 N–H and O–H groups in total. The van der Waals surface area contributed by atoms with Gasteiger partial charge in [0.15, 0.2) is 0 Å². The molecule has 116 valence electrons. The number of rotatable bonds is 3. The molecule has 3 aliphatic rings. The van der Waals surface area contributed by atoms with Gasteiger partial charge in [0.25, 0.3) is 0 Å². The van der Waals surface area contributed by atoms with E-state index in [2.05, 4.69) is 21.9 Å². The summed E-state index contributed by atoms with van der Waals surface area (Å²) < 4.78 is 0. The van der Waals surface area contributed by atoms with E-state index in [0.29, 0.717) is 6.42 Å². The van der Waals surface area contributed by atoms with E-state index in [0.717, 1.165) is 39.0 Å². The monoisotopic (exact) mass is 299 g/mol. The predicted molar refractivity (Wildman–Crippen MR) is 83.5 cm³/mol. The van der Waals surface area contributed by atoms with Gasteiger partial charge in [-0.2, -0.15) is 0 Å². The van der Waals surface area contributed by atoms with Crippen LogP contribution in [0.1, 0.15) is 19.3 Å². The van der Waals surface area contributed by atoms with Crippen LogP contribution >= 0.6 is 0 Å². The second-order valence-electron chi connectivity index (χ2n) is 6.41. The van der Waals surface area contributed by atoms with Crippen LogP contribution in [0, 0.1) is 0 Å². The van der Waals surface area contributed by atoms with Crippen LogP contribution in [0.15, 0.2) is 30.3 Å². The van der Waals surface area contributed by atoms with Gasteiger partial charge in [-0.25, -0.2) is 0 Å². The van der Waals surface area contributed by atoms with E-state index in [1.54, 1.807) is 0 Å². The summed E-state index contributed by atoms with van der Waals surface area (Å²) in [6.07, 6.45) is 2.36. The topological polar surface area (TPSA) is 43.9 Å². The van der Waals surface area contributed by atoms with Crippen LogP contribution in [0.5, 0.6) is 0 Å². The van der Waals surface area contributed by atoms with E-state index >= 15 is 0 Å². The van der Waals surface area contributed by atoms with Crippen LogP contribution in [0.2, 0.25) is 0 Å². The first-order valence-corrected chi connectivity index (χ1v) is 8.14. The van der Waals surface area contributed by atoms with Gasteiger partial charge >= 0.3 is 0 Å². The third kappa shape index (κ3) is 2.39. The van der Waals surface area contributed by atoms with Gasteiger partial charge in [-0.1, -0.05) is 18.2 Å². The summed E-state index contributed by atoms with van der Waals surface area (Å²) >= 11 is 0. The molecule has 1 unspecified atom stereocenters. The largest absolute Gasteiger partial charge is 0.369 e. The molecular formula is C17H21N3O2. The first kappa shape index (κ1) is 13.8. The predicted octanol–water partition coefficient (Wildman–Crippen LogP) is 1.10. The van der Waals surface area contributed by atoms with Crippen LogP contribution in [0.4, 0.5) is 5.69 Å². The van der Waals surface area contributed by atoms with Crippen molar-refractivity contribution < 1.29 is 9.59 Å². The highest BCUT2D eigenvalue weighted by molar-refractivity contribution is 6.06. The molecule has 0 radical (unpaired) electrons. The highest BCUT2D eigenvalue weighted by atomic mass is 16.2. The van der Waals surface area contributed by atoms with Gasteiger partial charge in [0, 0.05) is 37.9 Å². The van der Waals surface area contributed by atoms with Crippen molar-refractivity contribution in [2.75, 3.05) is 31.1 Å². The average molecular weight is 299 g/mol. The number of anilines is 1. The lowest BCUT2D eigenvalue weighted by Crippen LogP contribution is -2.52. The SMILES string of the molecule is O=C1CC(N2CCN(c3ccccc3)CC2)C(=O)N1C1CC1. The molecule has 2 heterocycles. The second-order valence-corrected chi connectivity index (χ2v) is 6.41. The fourth-order valence-corrected chi connectivity index (χ4v) is 3.57. The van der Waals surface area contributed by atoms with Crippen LogP contribution in [-0.4, -0.2) is 59.9 Å². The molecule has 1 atom stereocenters. The maximum absolute atomic E-state index is 12.5. The molecule has 0 aromatic heterocycles. The lowest BCUT2D eigenvalue weighted by molar-refractivity contribution is -0.140. The lowest BCUT2D eigenvalue weighted by Gasteiger charge is -2.38. The Balaban J connectivity index is 1.40. The Morgan fingerprint density at radius 1 is 0.909 bits per heavy atom. The van der Waals surface area contributed by atoms with Crippen molar-refractivity contribution in [3.63, 3.8) is 0 Å². The van der Waals surface area contributed by atoms with E-state index in [4.69, 9.17) is 0 Å². The zero-order chi connectivity index (χ0) is 15.1. The number of hydrogen-bond acceptors (Lipinski definition) is 4. The molecule has 2 amide bonds. The minimum atomic E-state index is -0.217. The van der Waals surface area contributed by atoms with Gasteiger partial charge in [-0.3, -0.25) is 19.4 Å². The van der Waals surface area contributed by atoms with E-state index in [1.165, 1.54) is 10.6 Å². The first-order chi connectivity index (χ1) is 10.7. The summed E-state index contributed by atoms with van der Waals surface area (Å²) in [4.78, 5) is 30.6. The summed E-state index contributed by atoms with van der Waals surface area (Å²) in [7, 11) is 0. The lowest BCUT2D eigenvalue weighted by atomic mass is 10.1. The van der Waals surface area contributed by atoms with Crippen molar-refractivity contribution in [3.05, 3.63) is 30.3 Å². The maximum Gasteiger partial charge on any atom is 0.247 e. The van der Waals surface area contributed by atoms with E-state index < -0.39 is 0 Å². The molecule has 5 nitrogen and oxygen atoms in total. The number of benzene rings is 1. The Hall–Kier alpha value is -1.88. The molecule has 22 heavy (non-hydrogen) atoms. The quantitative estimate of drug-likeness (QED) is 0.784. The fraction of sp³-hybridized carbons (Fsp3) is 0.529. The van der Waals surface area contributed by atoms with Crippen molar-refractivity contribution in [1.29, 1.82) is 0 Å². The van der Waals surface area contributed by atoms with Gasteiger partial charge in [-0.05, 0) is 25.0 Å². The Morgan fingerprint density at radius 2 is 1.59 bits per heavy atom. The molecule has 0 bridgehead atoms. The molecule has 5 heteroatoms. The number of likely N-dealkylation sites (tertiary alicyclic amines) is 1. The van der Waals surface area contributed by atoms with Crippen molar-refractivity contribution in [1.82, 2.24) is 9.80 Å². The standard InChI is InChI=1S/C17H21N3O2/c21-16-12-15(17(22)20(16)14-6-7-14)19-10-8-18(9-11-19)13-4-2-1-3-5-13/h1-5,14-15H,6-12H2. The smallest absolute Gasteiger partial charge is 0.247 e. The molecule has 2 saturated heterocycles. The summed E-state index contributed by atoms with van der Waals surface area (Å²) in [5, 5.41) is 0. The van der Waals surface area contributed by atoms with Crippen LogP contribution in [-0.2, 0) is 9.59 Å². The third-order valence-electron chi connectivity index (χ3n) is 4.95. The number of piperazine rings is 1. The van der Waals surface area contributed by atoms with Crippen LogP contribution in [0.25, 0.3) is 0 Å². The fourth-order valence-electron chi connectivity index (χ4n) is 3.57. The number of nitrogens with zero attached hydrogens (tertiary/aromatic N) is 3. The van der Waals surface area contributed by atoms with Gasteiger partial charge < -0.3 is 4.90 Å². The number of carbonyl (C=O) groups is 2. The molecule has 1 aromatic carbocycles. The van der Waals surface area contributed by atoms with E-state index in [-0.39, 0.29) is 23.9 Å². The molecule has 1 aromatic rings. The van der Waals surface area contributed by atoms with Crippen molar-refractivity contribution in [2.45, 2.75) is 31.3 Å². The van der Waals surface area contributed by atoms with Crippen LogP contribution in [0.3, 0.4) is 0 Å². The van der Waals surface area contributed by atoms with Crippen molar-refractivity contribution in [2.24, 2.45) is 0 Å². The van der Waals surface area contributed by atoms with Gasteiger partial charge in [-0.15, -0.1) is 0 Å². The van der Waals surface area contributed by atoms with Gasteiger partial charge in [0.05, 0.1) is 12.5 Å². The maximum atomic E-state index is 12.5. The highest BCUT2D eigenvalue weighted by Gasteiger charge is 2.48. The van der Waals surface area contributed by atoms with Gasteiger partial charge in [0.2, 0.25) is 11.8 Å². The van der Waals surface area contributed by atoms with Gasteiger partial charge in [0.1, 0.15) is 0 Å². The molecule has 1 saturated carbocycles. The second kappa shape index (κ2) is 5.39. The minimum absolute atomic E-state index is 0.0305. The third-order valence-corrected chi connectivity index (χ3v) is 4.95. The number of carbonyl (C=O) groups excluding carboxylic acids is 2. The Bertz CT molecular complexity index is 577. The normalized spacial score (nSPS) is 26.8. The Labute approximate surface area is 130 Å². The molecule has 3 fully saturated rings. The average Bonchev–Trinajstić information content (AvgIpc) is 3.34. The van der Waals surface area contributed by atoms with E-state index in [9.17, 15) is 9.59 Å². The zero-order valence-electron chi connectivity index (χ0n) is 12.6. The number of hydrogen-bond donors (Lipinski definition) is 0. The minimum Gasteiger partial charge on any atom is -0.369 e. The Kier molecular flexibility index (Phi) is 3.37.